The van der Waals surface area contributed by atoms with E-state index in [0.717, 1.165) is 87.4 Å². The molecule has 0 atom stereocenters. The molecule has 2 heterocycles. The van der Waals surface area contributed by atoms with Gasteiger partial charge in [0.05, 0.1) is 11.1 Å². The summed E-state index contributed by atoms with van der Waals surface area (Å²) in [6.07, 6.45) is 9.13. The first-order valence-corrected chi connectivity index (χ1v) is 21.6. The number of halogens is 3. The summed E-state index contributed by atoms with van der Waals surface area (Å²) in [4.78, 5) is 59.5. The molecule has 0 aliphatic heterocycles. The van der Waals surface area contributed by atoms with Crippen LogP contribution >= 0.6 is 22.7 Å². The zero-order valence-corrected chi connectivity index (χ0v) is 33.5. The molecule has 6 aliphatic rings. The molecule has 6 aliphatic carbocycles. The highest BCUT2D eigenvalue weighted by molar-refractivity contribution is 7.23. The monoisotopic (exact) mass is 826 g/mol. The minimum absolute atomic E-state index is 0.0687. The average Bonchev–Trinajstić information content (AvgIpc) is 4.12. The van der Waals surface area contributed by atoms with E-state index in [-0.39, 0.29) is 44.6 Å². The van der Waals surface area contributed by atoms with E-state index >= 15 is 0 Å². The largest absolute Gasteiger partial charge is 0.288 e. The van der Waals surface area contributed by atoms with Crippen molar-refractivity contribution in [1.29, 1.82) is 0 Å². The number of benzene rings is 4. The Morgan fingerprint density at radius 2 is 0.883 bits per heavy atom. The van der Waals surface area contributed by atoms with E-state index in [4.69, 9.17) is 0 Å². The minimum atomic E-state index is -1.17. The van der Waals surface area contributed by atoms with Crippen LogP contribution in [-0.2, 0) is 5.41 Å². The number of thiophene rings is 2. The molecule has 6 aromatic rings. The van der Waals surface area contributed by atoms with Crippen LogP contribution in [0.4, 0.5) is 13.2 Å². The molecule has 1 spiro atoms. The lowest BCUT2D eigenvalue weighted by molar-refractivity contribution is 0.0974. The molecule has 9 heteroatoms. The maximum absolute atomic E-state index is 14.6. The van der Waals surface area contributed by atoms with Crippen LogP contribution in [-0.4, -0.2) is 23.1 Å². The number of hydrogen-bond acceptors (Lipinski definition) is 6. The zero-order chi connectivity index (χ0) is 40.9. The van der Waals surface area contributed by atoms with E-state index < -0.39 is 34.8 Å². The van der Waals surface area contributed by atoms with Gasteiger partial charge >= 0.3 is 0 Å². The van der Waals surface area contributed by atoms with Crippen molar-refractivity contribution in [3.05, 3.63) is 197 Å². The van der Waals surface area contributed by atoms with Crippen molar-refractivity contribution in [3.8, 4) is 9.75 Å². The van der Waals surface area contributed by atoms with Gasteiger partial charge in [-0.25, -0.2) is 13.2 Å². The number of aryl methyl sites for hydroxylation is 1. The Labute approximate surface area is 349 Å². The van der Waals surface area contributed by atoms with Gasteiger partial charge in [0.15, 0.2) is 34.8 Å². The van der Waals surface area contributed by atoms with Crippen molar-refractivity contribution in [2.45, 2.75) is 44.4 Å². The van der Waals surface area contributed by atoms with E-state index in [1.54, 1.807) is 29.6 Å². The zero-order valence-electron chi connectivity index (χ0n) is 31.9. The normalized spacial score (nSPS) is 19.2. The van der Waals surface area contributed by atoms with Crippen molar-refractivity contribution < 1.29 is 32.3 Å². The van der Waals surface area contributed by atoms with E-state index in [2.05, 4.69) is 12.1 Å². The molecule has 0 bridgehead atoms. The van der Waals surface area contributed by atoms with Gasteiger partial charge in [0.25, 0.3) is 0 Å². The van der Waals surface area contributed by atoms with Crippen molar-refractivity contribution in [2.75, 3.05) is 0 Å². The standard InChI is InChI=1S/C51H29F3O4S2/c1-23-15-32-33(18-38(23)52)46(56)43(45(32)55)30-16-28(24-9-3-5-11-26(24)30)41-21-36-49(59-41)50-37(51(36)13-7-2-8-14-51)22-42(60-50)29-17-31(27-12-6-4-10-25(27)29)44-47(57)34-19-39(53)40(54)20-35(34)48(44)58/h3-6,9-12,15-22H,2,7-8,13-14H2,1H3/b43-30+. The Morgan fingerprint density at radius 3 is 1.33 bits per heavy atom. The molecule has 0 saturated heterocycles. The lowest BCUT2D eigenvalue weighted by Gasteiger charge is -2.34. The Balaban J connectivity index is 0.997. The maximum Gasteiger partial charge on any atom is 0.198 e. The summed E-state index contributed by atoms with van der Waals surface area (Å²) in [7, 11) is 0. The Bertz CT molecular complexity index is 2950. The number of Topliss-reactive ketones (excluding diaryl/α,β-unsaturated/α-hetero) is 4. The minimum Gasteiger partial charge on any atom is -0.288 e. The van der Waals surface area contributed by atoms with Gasteiger partial charge in [0.2, 0.25) is 0 Å². The first-order valence-electron chi connectivity index (χ1n) is 19.9. The van der Waals surface area contributed by atoms with Crippen LogP contribution in [0.1, 0.15) is 122 Å². The van der Waals surface area contributed by atoms with Crippen LogP contribution in [0, 0.1) is 24.4 Å². The maximum atomic E-state index is 14.6. The number of allylic oxidation sites excluding steroid dienone is 6. The van der Waals surface area contributed by atoms with Gasteiger partial charge in [-0.05, 0) is 118 Å². The van der Waals surface area contributed by atoms with Crippen LogP contribution in [0.25, 0.3) is 32.0 Å². The summed E-state index contributed by atoms with van der Waals surface area (Å²) in [5.74, 6) is -4.93. The molecule has 2 aromatic heterocycles. The second kappa shape index (κ2) is 12.4. The van der Waals surface area contributed by atoms with Crippen LogP contribution in [0.2, 0.25) is 0 Å². The quantitative estimate of drug-likeness (QED) is 0.129. The van der Waals surface area contributed by atoms with Crippen LogP contribution in [0.5, 0.6) is 0 Å². The number of hydrogen-bond donors (Lipinski definition) is 0. The number of ketones is 4. The number of fused-ring (bicyclic) bond motifs is 9. The molecule has 1 fully saturated rings. The molecule has 0 radical (unpaired) electrons. The van der Waals surface area contributed by atoms with E-state index in [1.165, 1.54) is 33.0 Å². The molecule has 4 nitrogen and oxygen atoms in total. The summed E-state index contributed by atoms with van der Waals surface area (Å²) in [5.41, 5.74) is 8.90. The van der Waals surface area contributed by atoms with E-state index in [9.17, 15) is 32.3 Å². The van der Waals surface area contributed by atoms with Crippen molar-refractivity contribution in [3.63, 3.8) is 0 Å². The topological polar surface area (TPSA) is 68.3 Å². The molecule has 4 aromatic carbocycles. The van der Waals surface area contributed by atoms with Gasteiger partial charge in [0, 0.05) is 58.3 Å². The fourth-order valence-corrected chi connectivity index (χ4v) is 13.2. The van der Waals surface area contributed by atoms with Gasteiger partial charge in [-0.1, -0.05) is 67.8 Å². The average molecular weight is 827 g/mol. The molecule has 60 heavy (non-hydrogen) atoms. The third-order valence-corrected chi connectivity index (χ3v) is 15.8. The number of rotatable bonds is 2. The molecule has 0 unspecified atom stereocenters. The van der Waals surface area contributed by atoms with Gasteiger partial charge in [-0.3, -0.25) is 19.2 Å². The highest BCUT2D eigenvalue weighted by atomic mass is 32.1. The predicted molar refractivity (Wildman–Crippen MR) is 227 cm³/mol. The lowest BCUT2D eigenvalue weighted by atomic mass is 9.68. The second-order valence-corrected chi connectivity index (χ2v) is 18.5. The smallest absolute Gasteiger partial charge is 0.198 e. The summed E-state index contributed by atoms with van der Waals surface area (Å²) >= 11 is 3.40. The molecule has 290 valence electrons. The van der Waals surface area contributed by atoms with Crippen LogP contribution in [0.3, 0.4) is 0 Å². The Morgan fingerprint density at radius 1 is 0.483 bits per heavy atom. The highest BCUT2D eigenvalue weighted by Crippen LogP contribution is 2.63. The van der Waals surface area contributed by atoms with Crippen LogP contribution in [0.15, 0.2) is 108 Å². The number of carbonyl (C=O) groups is 4. The SMILES string of the molecule is Cc1cc2c(cc1F)C(=O)/C(=C1\C=C(c3cc4c(s3)-c3sc(C5=CC(=C6C(=O)c7cc(F)c(F)cc7C6=O)c6ccccc65)cc3C43CCCCC3)c3ccccc31)C2=O. The molecular weight excluding hydrogens is 798 g/mol. The van der Waals surface area contributed by atoms with Gasteiger partial charge in [0.1, 0.15) is 5.82 Å². The summed E-state index contributed by atoms with van der Waals surface area (Å²) in [6, 6.07) is 24.3. The van der Waals surface area contributed by atoms with E-state index in [0.29, 0.717) is 16.7 Å². The number of carbonyl (C=O) groups excluding carboxylic acids is 4. The first-order chi connectivity index (χ1) is 29.0. The molecule has 12 rings (SSSR count). The highest BCUT2D eigenvalue weighted by Gasteiger charge is 2.48. The first kappa shape index (κ1) is 35.6. The van der Waals surface area contributed by atoms with Gasteiger partial charge in [-0.15, -0.1) is 22.7 Å². The van der Waals surface area contributed by atoms with Crippen molar-refractivity contribution in [1.82, 2.24) is 0 Å². The van der Waals surface area contributed by atoms with Crippen LogP contribution < -0.4 is 0 Å². The summed E-state index contributed by atoms with van der Waals surface area (Å²) < 4.78 is 43.2. The summed E-state index contributed by atoms with van der Waals surface area (Å²) in [6.45, 7) is 1.59. The molecule has 0 N–H and O–H groups in total. The lowest BCUT2D eigenvalue weighted by Crippen LogP contribution is -2.27. The molecule has 0 amide bonds. The molecular formula is C51H29F3O4S2. The van der Waals surface area contributed by atoms with Crippen molar-refractivity contribution in [2.24, 2.45) is 0 Å². The third kappa shape index (κ3) is 4.62. The fraction of sp³-hybridized carbons (Fsp3) is 0.137. The Kier molecular flexibility index (Phi) is 7.35. The predicted octanol–water partition coefficient (Wildman–Crippen LogP) is 12.3. The fourth-order valence-electron chi connectivity index (χ4n) is 10.5. The van der Waals surface area contributed by atoms with E-state index in [1.807, 2.05) is 60.7 Å². The van der Waals surface area contributed by atoms with Crippen molar-refractivity contribution >= 4 is 68.1 Å². The second-order valence-electron chi connectivity index (χ2n) is 16.4. The third-order valence-electron chi connectivity index (χ3n) is 13.3. The van der Waals surface area contributed by atoms with Gasteiger partial charge < -0.3 is 0 Å². The Hall–Kier alpha value is -6.29. The molecule has 1 saturated carbocycles. The summed E-state index contributed by atoms with van der Waals surface area (Å²) in [5, 5.41) is 0. The van der Waals surface area contributed by atoms with Gasteiger partial charge in [-0.2, -0.15) is 0 Å².